The van der Waals surface area contributed by atoms with Crippen molar-refractivity contribution in [3.05, 3.63) is 0 Å². The van der Waals surface area contributed by atoms with E-state index in [9.17, 15) is 0 Å². The predicted molar refractivity (Wildman–Crippen MR) is 66.7 cm³/mol. The highest BCUT2D eigenvalue weighted by atomic mass is 16.5. The van der Waals surface area contributed by atoms with Crippen LogP contribution in [-0.2, 0) is 9.47 Å². The maximum Gasteiger partial charge on any atom is 0.0623 e. The van der Waals surface area contributed by atoms with Crippen LogP contribution in [0, 0.1) is 11.8 Å². The van der Waals surface area contributed by atoms with Crippen molar-refractivity contribution in [2.75, 3.05) is 33.0 Å². The molecule has 1 aliphatic heterocycles. The van der Waals surface area contributed by atoms with Gasteiger partial charge >= 0.3 is 0 Å². The number of likely N-dealkylation sites (N-methyl/N-ethyl adjacent to an activating group) is 1. The Bertz CT molecular complexity index is 167. The zero-order valence-corrected chi connectivity index (χ0v) is 11.0. The van der Waals surface area contributed by atoms with Crippen LogP contribution < -0.4 is 5.32 Å². The van der Waals surface area contributed by atoms with Crippen LogP contribution in [0.5, 0.6) is 0 Å². The van der Waals surface area contributed by atoms with Crippen LogP contribution in [0.15, 0.2) is 0 Å². The molecule has 0 radical (unpaired) electrons. The van der Waals surface area contributed by atoms with E-state index in [4.69, 9.17) is 9.47 Å². The molecule has 0 aliphatic carbocycles. The summed E-state index contributed by atoms with van der Waals surface area (Å²) in [6, 6.07) is 0.472. The summed E-state index contributed by atoms with van der Waals surface area (Å²) in [6.45, 7) is 11.1. The Morgan fingerprint density at radius 1 is 1.44 bits per heavy atom. The number of rotatable bonds is 8. The van der Waals surface area contributed by atoms with Crippen molar-refractivity contribution >= 4 is 0 Å². The van der Waals surface area contributed by atoms with Gasteiger partial charge in [0.1, 0.15) is 0 Å². The monoisotopic (exact) mass is 229 g/mol. The molecule has 1 saturated heterocycles. The Balaban J connectivity index is 2.17. The molecule has 3 nitrogen and oxygen atoms in total. The van der Waals surface area contributed by atoms with Crippen LogP contribution in [0.2, 0.25) is 0 Å². The summed E-state index contributed by atoms with van der Waals surface area (Å²) in [5, 5.41) is 3.51. The highest BCUT2D eigenvalue weighted by Crippen LogP contribution is 2.17. The zero-order chi connectivity index (χ0) is 11.8. The van der Waals surface area contributed by atoms with E-state index in [0.717, 1.165) is 45.3 Å². The van der Waals surface area contributed by atoms with Gasteiger partial charge < -0.3 is 14.8 Å². The molecule has 1 rings (SSSR count). The van der Waals surface area contributed by atoms with Crippen LogP contribution in [0.4, 0.5) is 0 Å². The van der Waals surface area contributed by atoms with E-state index in [1.807, 2.05) is 0 Å². The molecule has 2 unspecified atom stereocenters. The van der Waals surface area contributed by atoms with Crippen molar-refractivity contribution in [1.29, 1.82) is 0 Å². The normalized spacial score (nSPS) is 22.9. The largest absolute Gasteiger partial charge is 0.381 e. The smallest absolute Gasteiger partial charge is 0.0623 e. The number of nitrogens with one attached hydrogen (secondary N) is 1. The van der Waals surface area contributed by atoms with Gasteiger partial charge in [-0.05, 0) is 25.3 Å². The van der Waals surface area contributed by atoms with Gasteiger partial charge in [0, 0.05) is 25.2 Å². The van der Waals surface area contributed by atoms with Crippen LogP contribution in [0.1, 0.15) is 33.6 Å². The van der Waals surface area contributed by atoms with Gasteiger partial charge in [0.2, 0.25) is 0 Å². The Morgan fingerprint density at radius 3 is 2.81 bits per heavy atom. The molecule has 0 amide bonds. The third kappa shape index (κ3) is 5.28. The molecule has 3 heteroatoms. The molecule has 1 aliphatic rings. The van der Waals surface area contributed by atoms with E-state index in [-0.39, 0.29) is 0 Å². The second-order valence-corrected chi connectivity index (χ2v) is 5.05. The average molecular weight is 229 g/mol. The van der Waals surface area contributed by atoms with Crippen molar-refractivity contribution in [3.8, 4) is 0 Å². The molecule has 16 heavy (non-hydrogen) atoms. The summed E-state index contributed by atoms with van der Waals surface area (Å²) in [7, 11) is 0. The van der Waals surface area contributed by atoms with Gasteiger partial charge in [0.25, 0.3) is 0 Å². The maximum atomic E-state index is 5.75. The van der Waals surface area contributed by atoms with Crippen molar-refractivity contribution in [2.24, 2.45) is 11.8 Å². The van der Waals surface area contributed by atoms with Crippen LogP contribution >= 0.6 is 0 Å². The molecule has 0 aromatic carbocycles. The summed E-state index contributed by atoms with van der Waals surface area (Å²) < 4.78 is 11.2. The summed E-state index contributed by atoms with van der Waals surface area (Å²) >= 11 is 0. The van der Waals surface area contributed by atoms with Crippen molar-refractivity contribution in [2.45, 2.75) is 39.7 Å². The maximum absolute atomic E-state index is 5.75. The van der Waals surface area contributed by atoms with Gasteiger partial charge in [0.05, 0.1) is 13.2 Å². The molecular formula is C13H27NO2. The molecular weight excluding hydrogens is 202 g/mol. The molecule has 0 spiro atoms. The number of ether oxygens (including phenoxy) is 2. The molecule has 2 atom stereocenters. The van der Waals surface area contributed by atoms with E-state index < -0.39 is 0 Å². The SMILES string of the molecule is CCNC(COCCC(C)C)C1CCOC1. The van der Waals surface area contributed by atoms with Crippen LogP contribution in [0.3, 0.4) is 0 Å². The minimum Gasteiger partial charge on any atom is -0.381 e. The molecule has 96 valence electrons. The lowest BCUT2D eigenvalue weighted by molar-refractivity contribution is 0.0812. The Hall–Kier alpha value is -0.120. The number of hydrogen-bond acceptors (Lipinski definition) is 3. The second kappa shape index (κ2) is 8.04. The van der Waals surface area contributed by atoms with Gasteiger partial charge in [0.15, 0.2) is 0 Å². The van der Waals surface area contributed by atoms with Crippen molar-refractivity contribution in [1.82, 2.24) is 5.32 Å². The van der Waals surface area contributed by atoms with Gasteiger partial charge in [-0.25, -0.2) is 0 Å². The molecule has 1 N–H and O–H groups in total. The van der Waals surface area contributed by atoms with Gasteiger partial charge in [-0.15, -0.1) is 0 Å². The topological polar surface area (TPSA) is 30.5 Å². The van der Waals surface area contributed by atoms with E-state index in [0.29, 0.717) is 12.0 Å². The average Bonchev–Trinajstić information content (AvgIpc) is 2.75. The van der Waals surface area contributed by atoms with Crippen LogP contribution in [-0.4, -0.2) is 39.0 Å². The molecule has 0 bridgehead atoms. The highest BCUT2D eigenvalue weighted by Gasteiger charge is 2.24. The summed E-state index contributed by atoms with van der Waals surface area (Å²) in [4.78, 5) is 0. The Labute approximate surface area is 99.9 Å². The molecule has 1 heterocycles. The summed E-state index contributed by atoms with van der Waals surface area (Å²) in [5.41, 5.74) is 0. The minimum atomic E-state index is 0.472. The standard InChI is InChI=1S/C13H27NO2/c1-4-14-13(12-6-8-15-9-12)10-16-7-5-11(2)3/h11-14H,4-10H2,1-3H3. The first kappa shape index (κ1) is 13.9. The van der Waals surface area contributed by atoms with E-state index in [1.165, 1.54) is 6.42 Å². The lowest BCUT2D eigenvalue weighted by atomic mass is 10.00. The summed E-state index contributed by atoms with van der Waals surface area (Å²) in [5.74, 6) is 1.37. The third-order valence-electron chi connectivity index (χ3n) is 3.14. The summed E-state index contributed by atoms with van der Waals surface area (Å²) in [6.07, 6.45) is 2.32. The molecule has 1 fully saturated rings. The first-order chi connectivity index (χ1) is 7.74. The van der Waals surface area contributed by atoms with Gasteiger partial charge in [-0.3, -0.25) is 0 Å². The van der Waals surface area contributed by atoms with Crippen LogP contribution in [0.25, 0.3) is 0 Å². The quantitative estimate of drug-likeness (QED) is 0.646. The number of hydrogen-bond donors (Lipinski definition) is 1. The van der Waals surface area contributed by atoms with Gasteiger partial charge in [-0.2, -0.15) is 0 Å². The fraction of sp³-hybridized carbons (Fsp3) is 1.00. The zero-order valence-electron chi connectivity index (χ0n) is 11.0. The predicted octanol–water partition coefficient (Wildman–Crippen LogP) is 2.06. The van der Waals surface area contributed by atoms with Crippen molar-refractivity contribution in [3.63, 3.8) is 0 Å². The molecule has 0 saturated carbocycles. The lowest BCUT2D eigenvalue weighted by Gasteiger charge is -2.23. The van der Waals surface area contributed by atoms with E-state index in [1.54, 1.807) is 0 Å². The first-order valence-corrected chi connectivity index (χ1v) is 6.63. The Kier molecular flexibility index (Phi) is 7.01. The first-order valence-electron chi connectivity index (χ1n) is 6.63. The fourth-order valence-corrected chi connectivity index (χ4v) is 2.02. The minimum absolute atomic E-state index is 0.472. The molecule has 0 aromatic rings. The van der Waals surface area contributed by atoms with E-state index >= 15 is 0 Å². The molecule has 0 aromatic heterocycles. The third-order valence-corrected chi connectivity index (χ3v) is 3.14. The Morgan fingerprint density at radius 2 is 2.25 bits per heavy atom. The second-order valence-electron chi connectivity index (χ2n) is 5.05. The van der Waals surface area contributed by atoms with Gasteiger partial charge in [-0.1, -0.05) is 20.8 Å². The van der Waals surface area contributed by atoms with Crippen molar-refractivity contribution < 1.29 is 9.47 Å². The fourth-order valence-electron chi connectivity index (χ4n) is 2.02. The lowest BCUT2D eigenvalue weighted by Crippen LogP contribution is -2.40. The van der Waals surface area contributed by atoms with E-state index in [2.05, 4.69) is 26.1 Å². The highest BCUT2D eigenvalue weighted by molar-refractivity contribution is 4.78.